The first-order valence-corrected chi connectivity index (χ1v) is 11.1. The molecule has 7 nitrogen and oxygen atoms in total. The van der Waals surface area contributed by atoms with Gasteiger partial charge in [-0.05, 0) is 58.2 Å². The molecule has 1 aliphatic rings. The third-order valence-electron chi connectivity index (χ3n) is 5.01. The number of hydrogen-bond donors (Lipinski definition) is 4. The fraction of sp³-hybridized carbons (Fsp3) is 0.500. The van der Waals surface area contributed by atoms with Crippen molar-refractivity contribution in [1.82, 2.24) is 10.3 Å². The zero-order valence-electron chi connectivity index (χ0n) is 17.9. The van der Waals surface area contributed by atoms with E-state index in [1.807, 2.05) is 27.7 Å². The molecular weight excluding hydrogens is 400 g/mol. The summed E-state index contributed by atoms with van der Waals surface area (Å²) in [6.07, 6.45) is 4.51. The van der Waals surface area contributed by atoms with E-state index < -0.39 is 6.10 Å². The number of aliphatic hydroxyl groups excluding tert-OH is 1. The van der Waals surface area contributed by atoms with Gasteiger partial charge in [0.15, 0.2) is 5.13 Å². The van der Waals surface area contributed by atoms with E-state index in [0.717, 1.165) is 24.8 Å². The molecule has 1 saturated carbocycles. The van der Waals surface area contributed by atoms with Crippen LogP contribution < -0.4 is 16.0 Å². The topological polar surface area (TPSA) is 103 Å². The fourth-order valence-corrected chi connectivity index (χ4v) is 4.29. The van der Waals surface area contributed by atoms with Gasteiger partial charge in [0.05, 0.1) is 18.3 Å². The van der Waals surface area contributed by atoms with Crippen LogP contribution in [0.3, 0.4) is 0 Å². The van der Waals surface area contributed by atoms with E-state index in [1.54, 1.807) is 24.4 Å². The Morgan fingerprint density at radius 3 is 2.60 bits per heavy atom. The maximum atomic E-state index is 12.7. The first-order chi connectivity index (χ1) is 14.1. The summed E-state index contributed by atoms with van der Waals surface area (Å²) in [4.78, 5) is 30.1. The standard InChI is InChI=1S/C22H30N4O3S/c1-13-9-10-14(19(28)24-15-7-5-6-8-17(15)27)11-16(13)25-20(29)18-12-23-21(30-18)26-22(2,3)4/h9-12,15,17,27H,5-8H2,1-4H3,(H,23,26)(H,24,28)(H,25,29)/t15-,17-/m0/s1. The van der Waals surface area contributed by atoms with Crippen molar-refractivity contribution < 1.29 is 14.7 Å². The highest BCUT2D eigenvalue weighted by Gasteiger charge is 2.25. The lowest BCUT2D eigenvalue weighted by molar-refractivity contribution is 0.0717. The summed E-state index contributed by atoms with van der Waals surface area (Å²) in [6, 6.07) is 4.98. The number of carbonyl (C=O) groups is 2. The number of nitrogens with zero attached hydrogens (tertiary/aromatic N) is 1. The van der Waals surface area contributed by atoms with Crippen molar-refractivity contribution >= 4 is 34.0 Å². The lowest BCUT2D eigenvalue weighted by Crippen LogP contribution is -2.45. The van der Waals surface area contributed by atoms with Gasteiger partial charge in [0, 0.05) is 16.8 Å². The van der Waals surface area contributed by atoms with Crippen LogP contribution in [0, 0.1) is 6.92 Å². The van der Waals surface area contributed by atoms with E-state index in [4.69, 9.17) is 0 Å². The average molecular weight is 431 g/mol. The Kier molecular flexibility index (Phi) is 6.77. The van der Waals surface area contributed by atoms with E-state index in [0.29, 0.717) is 27.7 Å². The molecule has 2 atom stereocenters. The monoisotopic (exact) mass is 430 g/mol. The van der Waals surface area contributed by atoms with Gasteiger partial charge >= 0.3 is 0 Å². The van der Waals surface area contributed by atoms with Crippen LogP contribution in [0.25, 0.3) is 0 Å². The summed E-state index contributed by atoms with van der Waals surface area (Å²) < 4.78 is 0. The van der Waals surface area contributed by atoms with Crippen LogP contribution >= 0.6 is 11.3 Å². The van der Waals surface area contributed by atoms with Crippen molar-refractivity contribution in [3.05, 3.63) is 40.4 Å². The number of rotatable bonds is 5. The van der Waals surface area contributed by atoms with Crippen LogP contribution in [0.1, 0.15) is 72.0 Å². The first kappa shape index (κ1) is 22.2. The SMILES string of the molecule is Cc1ccc(C(=O)N[C@H]2CCCC[C@@H]2O)cc1NC(=O)c1cnc(NC(C)(C)C)s1. The highest BCUT2D eigenvalue weighted by Crippen LogP contribution is 2.24. The number of nitrogens with one attached hydrogen (secondary N) is 3. The molecule has 30 heavy (non-hydrogen) atoms. The molecule has 2 amide bonds. The largest absolute Gasteiger partial charge is 0.391 e. The molecule has 1 fully saturated rings. The number of benzene rings is 1. The molecule has 1 heterocycles. The molecule has 1 aliphatic carbocycles. The summed E-state index contributed by atoms with van der Waals surface area (Å²) in [7, 11) is 0. The van der Waals surface area contributed by atoms with Crippen LogP contribution in [0.5, 0.6) is 0 Å². The molecule has 0 spiro atoms. The third-order valence-corrected chi connectivity index (χ3v) is 5.92. The summed E-state index contributed by atoms with van der Waals surface area (Å²) in [6.45, 7) is 7.96. The molecule has 0 radical (unpaired) electrons. The Morgan fingerprint density at radius 1 is 1.17 bits per heavy atom. The van der Waals surface area contributed by atoms with Gasteiger partial charge in [-0.2, -0.15) is 0 Å². The van der Waals surface area contributed by atoms with Crippen molar-refractivity contribution in [2.75, 3.05) is 10.6 Å². The molecule has 3 rings (SSSR count). The molecule has 162 valence electrons. The van der Waals surface area contributed by atoms with Crippen molar-refractivity contribution in [1.29, 1.82) is 0 Å². The lowest BCUT2D eigenvalue weighted by atomic mass is 9.92. The van der Waals surface area contributed by atoms with Gasteiger partial charge in [0.1, 0.15) is 4.88 Å². The Labute approximate surface area is 181 Å². The minimum absolute atomic E-state index is 0.143. The van der Waals surface area contributed by atoms with Crippen LogP contribution in [0.2, 0.25) is 0 Å². The third kappa shape index (κ3) is 5.79. The fourth-order valence-electron chi connectivity index (χ4n) is 3.37. The Balaban J connectivity index is 1.69. The number of anilines is 2. The normalized spacial score (nSPS) is 19.2. The van der Waals surface area contributed by atoms with E-state index in [-0.39, 0.29) is 23.4 Å². The lowest BCUT2D eigenvalue weighted by Gasteiger charge is -2.28. The van der Waals surface area contributed by atoms with Crippen LogP contribution in [-0.2, 0) is 0 Å². The Morgan fingerprint density at radius 2 is 1.90 bits per heavy atom. The summed E-state index contributed by atoms with van der Waals surface area (Å²) >= 11 is 1.29. The predicted molar refractivity (Wildman–Crippen MR) is 120 cm³/mol. The predicted octanol–water partition coefficient (Wildman–Crippen LogP) is 3.95. The zero-order chi connectivity index (χ0) is 21.9. The number of carbonyl (C=O) groups excluding carboxylic acids is 2. The highest BCUT2D eigenvalue weighted by atomic mass is 32.1. The Bertz CT molecular complexity index is 919. The maximum Gasteiger partial charge on any atom is 0.267 e. The average Bonchev–Trinajstić information content (AvgIpc) is 3.12. The molecule has 1 aromatic heterocycles. The van der Waals surface area contributed by atoms with Gasteiger partial charge in [-0.15, -0.1) is 0 Å². The molecule has 2 aromatic rings. The minimum atomic E-state index is -0.505. The zero-order valence-corrected chi connectivity index (χ0v) is 18.7. The molecule has 0 aliphatic heterocycles. The molecule has 0 unspecified atom stereocenters. The molecule has 1 aromatic carbocycles. The van der Waals surface area contributed by atoms with Gasteiger partial charge in [-0.25, -0.2) is 4.98 Å². The highest BCUT2D eigenvalue weighted by molar-refractivity contribution is 7.17. The van der Waals surface area contributed by atoms with Gasteiger partial charge in [0.25, 0.3) is 11.8 Å². The summed E-state index contributed by atoms with van der Waals surface area (Å²) in [5, 5.41) is 19.8. The molecule has 0 saturated heterocycles. The van der Waals surface area contributed by atoms with E-state index in [1.165, 1.54) is 11.3 Å². The minimum Gasteiger partial charge on any atom is -0.391 e. The van der Waals surface area contributed by atoms with E-state index >= 15 is 0 Å². The molecule has 4 N–H and O–H groups in total. The quantitative estimate of drug-likeness (QED) is 0.575. The number of aryl methyl sites for hydroxylation is 1. The van der Waals surface area contributed by atoms with E-state index in [2.05, 4.69) is 20.9 Å². The number of amides is 2. The smallest absolute Gasteiger partial charge is 0.267 e. The van der Waals surface area contributed by atoms with Gasteiger partial charge in [0.2, 0.25) is 0 Å². The van der Waals surface area contributed by atoms with Gasteiger partial charge < -0.3 is 21.1 Å². The van der Waals surface area contributed by atoms with Gasteiger partial charge in [-0.3, -0.25) is 9.59 Å². The number of hydrogen-bond acceptors (Lipinski definition) is 6. The summed E-state index contributed by atoms with van der Waals surface area (Å²) in [5.74, 6) is -0.510. The van der Waals surface area contributed by atoms with Crippen LogP contribution in [-0.4, -0.2) is 39.6 Å². The van der Waals surface area contributed by atoms with E-state index in [9.17, 15) is 14.7 Å². The van der Waals surface area contributed by atoms with Crippen molar-refractivity contribution in [3.63, 3.8) is 0 Å². The molecular formula is C22H30N4O3S. The first-order valence-electron chi connectivity index (χ1n) is 10.3. The van der Waals surface area contributed by atoms with Crippen molar-refractivity contribution in [2.45, 2.75) is 71.1 Å². The number of thiazole rings is 1. The van der Waals surface area contributed by atoms with Crippen molar-refractivity contribution in [3.8, 4) is 0 Å². The van der Waals surface area contributed by atoms with Crippen LogP contribution in [0.4, 0.5) is 10.8 Å². The Hall–Kier alpha value is -2.45. The number of aromatic nitrogens is 1. The van der Waals surface area contributed by atoms with Crippen molar-refractivity contribution in [2.24, 2.45) is 0 Å². The van der Waals surface area contributed by atoms with Crippen LogP contribution in [0.15, 0.2) is 24.4 Å². The second-order valence-corrected chi connectivity index (χ2v) is 9.85. The van der Waals surface area contributed by atoms with Gasteiger partial charge in [-0.1, -0.05) is 30.2 Å². The second-order valence-electron chi connectivity index (χ2n) is 8.82. The summed E-state index contributed by atoms with van der Waals surface area (Å²) in [5.41, 5.74) is 1.74. The molecule has 0 bridgehead atoms. The second kappa shape index (κ2) is 9.14. The maximum absolute atomic E-state index is 12.7. The molecule has 8 heteroatoms. The number of aliphatic hydroxyl groups is 1.